The molecule has 4 rings (SSSR count). The van der Waals surface area contributed by atoms with Crippen molar-refractivity contribution in [2.75, 3.05) is 13.7 Å². The van der Waals surface area contributed by atoms with Crippen LogP contribution in [0.15, 0.2) is 24.3 Å². The summed E-state index contributed by atoms with van der Waals surface area (Å²) in [6.07, 6.45) is 1.98. The van der Waals surface area contributed by atoms with E-state index in [0.717, 1.165) is 54.6 Å². The van der Waals surface area contributed by atoms with Crippen LogP contribution in [0.3, 0.4) is 0 Å². The molecule has 5 nitrogen and oxygen atoms in total. The Bertz CT molecular complexity index is 914. The highest BCUT2D eigenvalue weighted by Crippen LogP contribution is 2.27. The number of thiazole rings is 1. The highest BCUT2D eigenvalue weighted by Gasteiger charge is 2.22. The number of ether oxygens (including phenoxy) is 1. The van der Waals surface area contributed by atoms with Crippen molar-refractivity contribution in [1.29, 1.82) is 0 Å². The summed E-state index contributed by atoms with van der Waals surface area (Å²) in [6, 6.07) is 8.05. The predicted molar refractivity (Wildman–Crippen MR) is 105 cm³/mol. The number of hydrogen-bond donors (Lipinski definition) is 1. The van der Waals surface area contributed by atoms with Crippen LogP contribution >= 0.6 is 11.3 Å². The third kappa shape index (κ3) is 3.39. The Balaban J connectivity index is 1.53. The molecule has 0 radical (unpaired) electrons. The average Bonchev–Trinajstić information content (AvgIpc) is 3.24. The molecule has 0 aliphatic carbocycles. The number of hydrogen-bond acceptors (Lipinski definition) is 5. The second kappa shape index (κ2) is 7.21. The number of aryl methyl sites for hydroxylation is 2. The highest BCUT2D eigenvalue weighted by atomic mass is 32.1. The van der Waals surface area contributed by atoms with Crippen molar-refractivity contribution < 1.29 is 4.74 Å². The summed E-state index contributed by atoms with van der Waals surface area (Å²) in [5, 5.41) is 1.16. The molecule has 0 spiro atoms. The van der Waals surface area contributed by atoms with Gasteiger partial charge in [0.25, 0.3) is 0 Å². The van der Waals surface area contributed by atoms with Crippen LogP contribution < -0.4 is 4.74 Å². The van der Waals surface area contributed by atoms with E-state index in [4.69, 9.17) is 9.72 Å². The molecule has 0 bridgehead atoms. The lowest BCUT2D eigenvalue weighted by Gasteiger charge is -2.25. The van der Waals surface area contributed by atoms with Gasteiger partial charge in [-0.1, -0.05) is 19.1 Å². The molecule has 1 N–H and O–H groups in total. The molecule has 1 aromatic carbocycles. The molecule has 3 heterocycles. The van der Waals surface area contributed by atoms with Gasteiger partial charge in [-0.05, 0) is 25.5 Å². The third-order valence-corrected chi connectivity index (χ3v) is 5.84. The summed E-state index contributed by atoms with van der Waals surface area (Å²) < 4.78 is 5.33. The van der Waals surface area contributed by atoms with Gasteiger partial charge in [0.1, 0.15) is 11.6 Å². The summed E-state index contributed by atoms with van der Waals surface area (Å²) >= 11 is 1.83. The van der Waals surface area contributed by atoms with E-state index >= 15 is 0 Å². The second-order valence-electron chi connectivity index (χ2n) is 6.66. The van der Waals surface area contributed by atoms with Crippen LogP contribution in [-0.2, 0) is 25.9 Å². The number of nitrogens with zero attached hydrogens (tertiary/aromatic N) is 3. The molecular formula is C20H24N4OS. The average molecular weight is 369 g/mol. The Morgan fingerprint density at radius 3 is 3.00 bits per heavy atom. The van der Waals surface area contributed by atoms with Gasteiger partial charge in [-0.2, -0.15) is 0 Å². The Hall–Kier alpha value is -2.18. The van der Waals surface area contributed by atoms with Gasteiger partial charge in [-0.15, -0.1) is 11.3 Å². The number of aromatic nitrogens is 3. The number of rotatable bonds is 5. The zero-order valence-corrected chi connectivity index (χ0v) is 16.3. The topological polar surface area (TPSA) is 54.0 Å². The Labute approximate surface area is 158 Å². The minimum atomic E-state index is 0.853. The van der Waals surface area contributed by atoms with E-state index in [-0.39, 0.29) is 0 Å². The Kier molecular flexibility index (Phi) is 4.78. The summed E-state index contributed by atoms with van der Waals surface area (Å²) in [4.78, 5) is 16.9. The number of H-pyrrole nitrogens is 1. The summed E-state index contributed by atoms with van der Waals surface area (Å²) in [6.45, 7) is 7.20. The molecule has 2 aromatic heterocycles. The smallest absolute Gasteiger partial charge is 0.137 e. The zero-order valence-electron chi connectivity index (χ0n) is 15.5. The largest absolute Gasteiger partial charge is 0.497 e. The van der Waals surface area contributed by atoms with Gasteiger partial charge in [-0.3, -0.25) is 4.90 Å². The normalized spacial score (nSPS) is 14.4. The van der Waals surface area contributed by atoms with E-state index < -0.39 is 0 Å². The van der Waals surface area contributed by atoms with Crippen molar-refractivity contribution in [2.45, 2.75) is 39.8 Å². The van der Waals surface area contributed by atoms with Crippen molar-refractivity contribution >= 4 is 11.3 Å². The Morgan fingerprint density at radius 2 is 2.19 bits per heavy atom. The highest BCUT2D eigenvalue weighted by molar-refractivity contribution is 7.11. The molecule has 1 aliphatic rings. The van der Waals surface area contributed by atoms with Gasteiger partial charge < -0.3 is 9.72 Å². The van der Waals surface area contributed by atoms with Crippen LogP contribution in [0.25, 0.3) is 11.4 Å². The molecule has 1 aliphatic heterocycles. The van der Waals surface area contributed by atoms with E-state index in [2.05, 4.69) is 34.8 Å². The summed E-state index contributed by atoms with van der Waals surface area (Å²) in [5.41, 5.74) is 4.74. The van der Waals surface area contributed by atoms with Crippen LogP contribution in [0.1, 0.15) is 33.9 Å². The van der Waals surface area contributed by atoms with E-state index in [1.807, 2.05) is 29.5 Å². The van der Waals surface area contributed by atoms with Gasteiger partial charge in [0.2, 0.25) is 0 Å². The number of imidazole rings is 1. The van der Waals surface area contributed by atoms with Gasteiger partial charge in [0.15, 0.2) is 0 Å². The number of aromatic amines is 1. The van der Waals surface area contributed by atoms with E-state index in [9.17, 15) is 0 Å². The van der Waals surface area contributed by atoms with Crippen molar-refractivity contribution in [2.24, 2.45) is 0 Å². The molecule has 0 saturated heterocycles. The molecule has 0 amide bonds. The standard InChI is InChI=1S/C20H24N4OS/c1-4-16-19(26-13(2)21-16)12-24-9-8-17-18(11-24)23-20(22-17)14-6-5-7-15(10-14)25-3/h5-7,10H,4,8-9,11-12H2,1-3H3,(H,22,23). The van der Waals surface area contributed by atoms with E-state index in [0.29, 0.717) is 0 Å². The maximum Gasteiger partial charge on any atom is 0.137 e. The molecule has 26 heavy (non-hydrogen) atoms. The van der Waals surface area contributed by atoms with Gasteiger partial charge >= 0.3 is 0 Å². The van der Waals surface area contributed by atoms with Crippen molar-refractivity contribution in [3.8, 4) is 17.1 Å². The minimum Gasteiger partial charge on any atom is -0.497 e. The minimum absolute atomic E-state index is 0.853. The fourth-order valence-corrected chi connectivity index (χ4v) is 4.57. The van der Waals surface area contributed by atoms with Crippen LogP contribution in [0.4, 0.5) is 0 Å². The molecule has 6 heteroatoms. The van der Waals surface area contributed by atoms with Gasteiger partial charge in [-0.25, -0.2) is 9.97 Å². The first-order chi connectivity index (χ1) is 12.7. The number of methoxy groups -OCH3 is 1. The van der Waals surface area contributed by atoms with Crippen LogP contribution in [0, 0.1) is 6.92 Å². The fourth-order valence-electron chi connectivity index (χ4n) is 3.51. The Morgan fingerprint density at radius 1 is 1.31 bits per heavy atom. The molecule has 136 valence electrons. The van der Waals surface area contributed by atoms with E-state index in [1.165, 1.54) is 22.0 Å². The third-order valence-electron chi connectivity index (χ3n) is 4.84. The van der Waals surface area contributed by atoms with Crippen LogP contribution in [0.5, 0.6) is 5.75 Å². The molecule has 0 atom stereocenters. The number of nitrogens with one attached hydrogen (secondary N) is 1. The molecular weight excluding hydrogens is 344 g/mol. The van der Waals surface area contributed by atoms with Crippen molar-refractivity contribution in [3.63, 3.8) is 0 Å². The first kappa shape index (κ1) is 17.2. The van der Waals surface area contributed by atoms with Crippen molar-refractivity contribution in [1.82, 2.24) is 19.9 Å². The predicted octanol–water partition coefficient (Wildman–Crippen LogP) is 3.97. The monoisotopic (exact) mass is 368 g/mol. The maximum atomic E-state index is 5.33. The molecule has 0 saturated carbocycles. The molecule has 3 aromatic rings. The number of benzene rings is 1. The quantitative estimate of drug-likeness (QED) is 0.740. The fraction of sp³-hybridized carbons (Fsp3) is 0.400. The molecule has 0 fully saturated rings. The maximum absolute atomic E-state index is 5.33. The summed E-state index contributed by atoms with van der Waals surface area (Å²) in [5.74, 6) is 1.78. The van der Waals surface area contributed by atoms with Gasteiger partial charge in [0, 0.05) is 36.5 Å². The zero-order chi connectivity index (χ0) is 18.1. The van der Waals surface area contributed by atoms with E-state index in [1.54, 1.807) is 7.11 Å². The lowest BCUT2D eigenvalue weighted by molar-refractivity contribution is 0.243. The lowest BCUT2D eigenvalue weighted by Crippen LogP contribution is -2.30. The lowest BCUT2D eigenvalue weighted by atomic mass is 10.1. The van der Waals surface area contributed by atoms with Crippen LogP contribution in [0.2, 0.25) is 0 Å². The number of fused-ring (bicyclic) bond motifs is 1. The van der Waals surface area contributed by atoms with Gasteiger partial charge in [0.05, 0.1) is 29.2 Å². The van der Waals surface area contributed by atoms with Crippen molar-refractivity contribution in [3.05, 3.63) is 51.2 Å². The molecule has 0 unspecified atom stereocenters. The van der Waals surface area contributed by atoms with Crippen LogP contribution in [-0.4, -0.2) is 33.5 Å². The first-order valence-electron chi connectivity index (χ1n) is 9.06. The SMILES string of the molecule is CCc1nc(C)sc1CN1CCc2nc(-c3cccc(OC)c3)[nH]c2C1. The second-order valence-corrected chi connectivity index (χ2v) is 7.95. The first-order valence-corrected chi connectivity index (χ1v) is 9.87. The summed E-state index contributed by atoms with van der Waals surface area (Å²) in [7, 11) is 1.69.